The van der Waals surface area contributed by atoms with Crippen LogP contribution in [-0.2, 0) is 14.8 Å². The van der Waals surface area contributed by atoms with Crippen LogP contribution in [0.4, 0.5) is 5.69 Å². The van der Waals surface area contributed by atoms with Crippen LogP contribution < -0.4 is 14.8 Å². The van der Waals surface area contributed by atoms with Crippen molar-refractivity contribution in [1.82, 2.24) is 4.31 Å². The molecule has 0 aliphatic heterocycles. The van der Waals surface area contributed by atoms with E-state index >= 15 is 0 Å². The molecule has 29 heavy (non-hydrogen) atoms. The van der Waals surface area contributed by atoms with Gasteiger partial charge in [0.1, 0.15) is 9.96 Å². The van der Waals surface area contributed by atoms with Crippen molar-refractivity contribution in [3.8, 4) is 17.2 Å². The number of amides is 1. The Labute approximate surface area is 173 Å². The maximum Gasteiger partial charge on any atom is 0.252 e. The van der Waals surface area contributed by atoms with E-state index in [1.807, 2.05) is 12.1 Å². The van der Waals surface area contributed by atoms with E-state index in [2.05, 4.69) is 5.32 Å². The monoisotopic (exact) mass is 432 g/mol. The van der Waals surface area contributed by atoms with Gasteiger partial charge in [-0.05, 0) is 47.8 Å². The van der Waals surface area contributed by atoms with Gasteiger partial charge in [-0.1, -0.05) is 18.2 Å². The van der Waals surface area contributed by atoms with E-state index in [0.29, 0.717) is 22.9 Å². The number of para-hydroxylation sites is 2. The third-order valence-corrected chi connectivity index (χ3v) is 7.14. The summed E-state index contributed by atoms with van der Waals surface area (Å²) in [5.41, 5.74) is 0.532. The first kappa shape index (κ1) is 20.8. The van der Waals surface area contributed by atoms with E-state index in [1.165, 1.54) is 13.1 Å². The number of benzene rings is 2. The number of nitrogens with zero attached hydrogens (tertiary/aromatic N) is 1. The molecule has 3 rings (SSSR count). The molecule has 152 valence electrons. The van der Waals surface area contributed by atoms with Gasteiger partial charge in [0.25, 0.3) is 10.0 Å². The number of sulfonamides is 1. The Morgan fingerprint density at radius 1 is 1.03 bits per heavy atom. The predicted octanol–water partition coefficient (Wildman–Crippen LogP) is 3.81. The summed E-state index contributed by atoms with van der Waals surface area (Å²) in [6, 6.07) is 17.2. The van der Waals surface area contributed by atoms with Crippen LogP contribution in [0.25, 0.3) is 0 Å². The Hall–Kier alpha value is -2.88. The third kappa shape index (κ3) is 5.14. The molecular formula is C20H20N2O5S2. The van der Waals surface area contributed by atoms with E-state index in [9.17, 15) is 13.2 Å². The number of thiophene rings is 1. The largest absolute Gasteiger partial charge is 0.493 e. The van der Waals surface area contributed by atoms with Crippen LogP contribution >= 0.6 is 11.3 Å². The van der Waals surface area contributed by atoms with Gasteiger partial charge in [-0.15, -0.1) is 11.3 Å². The van der Waals surface area contributed by atoms with E-state index in [1.54, 1.807) is 55.0 Å². The van der Waals surface area contributed by atoms with Crippen molar-refractivity contribution in [2.24, 2.45) is 0 Å². The SMILES string of the molecule is COc1ccccc1Oc1ccc(NC(=O)CN(C)S(=O)(=O)c2cccs2)cc1. The molecule has 1 heterocycles. The average molecular weight is 433 g/mol. The lowest BCUT2D eigenvalue weighted by Gasteiger charge is -2.16. The Balaban J connectivity index is 1.60. The Bertz CT molecular complexity index is 1060. The number of anilines is 1. The minimum absolute atomic E-state index is 0.200. The number of methoxy groups -OCH3 is 1. The highest BCUT2D eigenvalue weighted by Crippen LogP contribution is 2.31. The highest BCUT2D eigenvalue weighted by Gasteiger charge is 2.23. The number of carbonyl (C=O) groups is 1. The van der Waals surface area contributed by atoms with Gasteiger partial charge in [0.05, 0.1) is 13.7 Å². The molecule has 0 fully saturated rings. The smallest absolute Gasteiger partial charge is 0.252 e. The summed E-state index contributed by atoms with van der Waals surface area (Å²) in [7, 11) is -0.732. The molecule has 1 N–H and O–H groups in total. The molecule has 1 aromatic heterocycles. The number of ether oxygens (including phenoxy) is 2. The van der Waals surface area contributed by atoms with Crippen molar-refractivity contribution < 1.29 is 22.7 Å². The van der Waals surface area contributed by atoms with Crippen LogP contribution in [0, 0.1) is 0 Å². The molecule has 0 unspecified atom stereocenters. The fourth-order valence-corrected chi connectivity index (χ4v) is 4.82. The fraction of sp³-hybridized carbons (Fsp3) is 0.150. The quantitative estimate of drug-likeness (QED) is 0.585. The van der Waals surface area contributed by atoms with Gasteiger partial charge < -0.3 is 14.8 Å². The van der Waals surface area contributed by atoms with Crippen LogP contribution in [0.1, 0.15) is 0 Å². The van der Waals surface area contributed by atoms with E-state index in [-0.39, 0.29) is 10.8 Å². The molecule has 0 atom stereocenters. The number of hydrogen-bond acceptors (Lipinski definition) is 6. The zero-order valence-corrected chi connectivity index (χ0v) is 17.5. The zero-order chi connectivity index (χ0) is 20.9. The van der Waals surface area contributed by atoms with E-state index in [0.717, 1.165) is 15.6 Å². The third-order valence-electron chi connectivity index (χ3n) is 3.96. The van der Waals surface area contributed by atoms with Crippen molar-refractivity contribution in [3.05, 3.63) is 66.0 Å². The van der Waals surface area contributed by atoms with Gasteiger partial charge in [0.2, 0.25) is 5.91 Å². The molecule has 3 aromatic rings. The van der Waals surface area contributed by atoms with Gasteiger partial charge >= 0.3 is 0 Å². The normalized spacial score (nSPS) is 11.3. The Morgan fingerprint density at radius 2 is 1.72 bits per heavy atom. The molecule has 9 heteroatoms. The maximum absolute atomic E-state index is 12.4. The summed E-state index contributed by atoms with van der Waals surface area (Å²) in [5, 5.41) is 4.36. The van der Waals surface area contributed by atoms with Gasteiger partial charge in [0.15, 0.2) is 11.5 Å². The summed E-state index contributed by atoms with van der Waals surface area (Å²) in [6.45, 7) is -0.292. The van der Waals surface area contributed by atoms with Crippen molar-refractivity contribution in [2.45, 2.75) is 4.21 Å². The van der Waals surface area contributed by atoms with Crippen LogP contribution in [0.15, 0.2) is 70.3 Å². The Kier molecular flexibility index (Phi) is 6.53. The number of nitrogens with one attached hydrogen (secondary N) is 1. The molecule has 0 aliphatic carbocycles. The van der Waals surface area contributed by atoms with E-state index in [4.69, 9.17) is 9.47 Å². The summed E-state index contributed by atoms with van der Waals surface area (Å²) < 4.78 is 37.0. The van der Waals surface area contributed by atoms with Crippen LogP contribution in [0.5, 0.6) is 17.2 Å². The number of rotatable bonds is 8. The first-order valence-corrected chi connectivity index (χ1v) is 10.9. The predicted molar refractivity (Wildman–Crippen MR) is 112 cm³/mol. The molecule has 1 amide bonds. The molecule has 0 radical (unpaired) electrons. The molecule has 0 aliphatic rings. The second-order valence-electron chi connectivity index (χ2n) is 6.02. The minimum Gasteiger partial charge on any atom is -0.493 e. The average Bonchev–Trinajstić information content (AvgIpc) is 3.25. The molecule has 7 nitrogen and oxygen atoms in total. The Morgan fingerprint density at radius 3 is 2.34 bits per heavy atom. The summed E-state index contributed by atoms with van der Waals surface area (Å²) in [5.74, 6) is 1.32. The second kappa shape index (κ2) is 9.08. The lowest BCUT2D eigenvalue weighted by Crippen LogP contribution is -2.34. The number of likely N-dealkylation sites (N-methyl/N-ethyl adjacent to an activating group) is 1. The second-order valence-corrected chi connectivity index (χ2v) is 9.24. The molecule has 0 bridgehead atoms. The number of carbonyl (C=O) groups excluding carboxylic acids is 1. The first-order chi connectivity index (χ1) is 13.9. The van der Waals surface area contributed by atoms with E-state index < -0.39 is 15.9 Å². The van der Waals surface area contributed by atoms with Gasteiger partial charge in [-0.2, -0.15) is 4.31 Å². The summed E-state index contributed by atoms with van der Waals surface area (Å²) in [4.78, 5) is 12.2. The highest BCUT2D eigenvalue weighted by molar-refractivity contribution is 7.91. The lowest BCUT2D eigenvalue weighted by molar-refractivity contribution is -0.116. The minimum atomic E-state index is -3.67. The molecular weight excluding hydrogens is 412 g/mol. The molecule has 0 spiro atoms. The first-order valence-electron chi connectivity index (χ1n) is 8.61. The molecule has 2 aromatic carbocycles. The van der Waals surface area contributed by atoms with Crippen molar-refractivity contribution in [1.29, 1.82) is 0 Å². The summed E-state index contributed by atoms with van der Waals surface area (Å²) in [6.07, 6.45) is 0. The topological polar surface area (TPSA) is 84.9 Å². The van der Waals surface area contributed by atoms with Crippen molar-refractivity contribution >= 4 is 33.0 Å². The van der Waals surface area contributed by atoms with Gasteiger partial charge in [-0.3, -0.25) is 4.79 Å². The standard InChI is InChI=1S/C20H20N2O5S2/c1-22(29(24,25)20-8-5-13-28-20)14-19(23)21-15-9-11-16(12-10-15)27-18-7-4-3-6-17(18)26-2/h3-13H,14H2,1-2H3,(H,21,23). The highest BCUT2D eigenvalue weighted by atomic mass is 32.2. The fourth-order valence-electron chi connectivity index (χ4n) is 2.49. The van der Waals surface area contributed by atoms with Crippen LogP contribution in [0.2, 0.25) is 0 Å². The van der Waals surface area contributed by atoms with Crippen LogP contribution in [0.3, 0.4) is 0 Å². The molecule has 0 saturated heterocycles. The lowest BCUT2D eigenvalue weighted by atomic mass is 10.3. The van der Waals surface area contributed by atoms with Crippen LogP contribution in [-0.4, -0.2) is 39.3 Å². The van der Waals surface area contributed by atoms with Gasteiger partial charge in [0, 0.05) is 12.7 Å². The maximum atomic E-state index is 12.4. The van der Waals surface area contributed by atoms with Gasteiger partial charge in [-0.25, -0.2) is 8.42 Å². The zero-order valence-electron chi connectivity index (χ0n) is 15.9. The van der Waals surface area contributed by atoms with Crippen molar-refractivity contribution in [3.63, 3.8) is 0 Å². The van der Waals surface area contributed by atoms with Crippen molar-refractivity contribution in [2.75, 3.05) is 26.0 Å². The summed E-state index contributed by atoms with van der Waals surface area (Å²) >= 11 is 1.11. The number of hydrogen-bond donors (Lipinski definition) is 1. The molecule has 0 saturated carbocycles.